The van der Waals surface area contributed by atoms with Gasteiger partial charge in [0.1, 0.15) is 11.9 Å². The van der Waals surface area contributed by atoms with Gasteiger partial charge in [0.15, 0.2) is 5.41 Å². The topological polar surface area (TPSA) is 140 Å². The van der Waals surface area contributed by atoms with Crippen LogP contribution in [0.4, 0.5) is 4.39 Å². The van der Waals surface area contributed by atoms with Gasteiger partial charge >= 0.3 is 5.97 Å². The third-order valence-electron chi connectivity index (χ3n) is 5.27. The van der Waals surface area contributed by atoms with E-state index in [-0.39, 0.29) is 17.7 Å². The van der Waals surface area contributed by atoms with Crippen molar-refractivity contribution in [2.75, 3.05) is 6.61 Å². The van der Waals surface area contributed by atoms with Gasteiger partial charge < -0.3 is 21.1 Å². The van der Waals surface area contributed by atoms with Gasteiger partial charge in [-0.25, -0.2) is 9.18 Å². The number of nitriles is 1. The van der Waals surface area contributed by atoms with Crippen molar-refractivity contribution in [1.82, 2.24) is 4.90 Å². The van der Waals surface area contributed by atoms with Crippen molar-refractivity contribution >= 4 is 17.8 Å². The zero-order valence-electron chi connectivity index (χ0n) is 15.5. The number of amides is 2. The number of esters is 1. The van der Waals surface area contributed by atoms with E-state index >= 15 is 0 Å². The summed E-state index contributed by atoms with van der Waals surface area (Å²) in [6.45, 7) is 1.65. The molecule has 4 N–H and O–H groups in total. The van der Waals surface area contributed by atoms with Gasteiger partial charge in [-0.15, -0.1) is 0 Å². The molecule has 29 heavy (non-hydrogen) atoms. The number of benzene rings is 1. The monoisotopic (exact) mass is 398 g/mol. The van der Waals surface area contributed by atoms with E-state index in [1.54, 1.807) is 6.92 Å². The smallest absolute Gasteiger partial charge is 0.329 e. The number of ether oxygens (including phenoxy) is 1. The maximum Gasteiger partial charge on any atom is 0.329 e. The molecule has 0 spiro atoms. The average Bonchev–Trinajstić information content (AvgIpc) is 2.98. The molecule has 2 aliphatic heterocycles. The SMILES string of the molecule is CCOC(=O)[C@@H]1C(c2cccc(F)c2)[C@@](C#N)(C(N)=O)[C@H]2C=CC(C(N)=O)=CN12. The number of nitrogens with two attached hydrogens (primary N) is 2. The second-order valence-corrected chi connectivity index (χ2v) is 6.77. The van der Waals surface area contributed by atoms with Crippen molar-refractivity contribution in [1.29, 1.82) is 5.26 Å². The van der Waals surface area contributed by atoms with E-state index in [9.17, 15) is 24.0 Å². The summed E-state index contributed by atoms with van der Waals surface area (Å²) in [4.78, 5) is 38.5. The molecule has 1 aromatic rings. The van der Waals surface area contributed by atoms with Crippen LogP contribution in [-0.4, -0.2) is 41.4 Å². The molecule has 1 fully saturated rings. The fourth-order valence-corrected chi connectivity index (χ4v) is 4.09. The molecular formula is C20H19FN4O4. The Morgan fingerprint density at radius 1 is 1.34 bits per heavy atom. The quantitative estimate of drug-likeness (QED) is 0.691. The fraction of sp³-hybridized carbons (Fsp3) is 0.300. The minimum absolute atomic E-state index is 0.0437. The number of carbonyl (C=O) groups is 3. The lowest BCUT2D eigenvalue weighted by atomic mass is 9.68. The highest BCUT2D eigenvalue weighted by molar-refractivity contribution is 5.96. The van der Waals surface area contributed by atoms with Crippen LogP contribution in [0.15, 0.2) is 48.2 Å². The van der Waals surface area contributed by atoms with Gasteiger partial charge in [0.25, 0.3) is 0 Å². The number of halogens is 1. The second-order valence-electron chi connectivity index (χ2n) is 6.77. The Hall–Kier alpha value is -3.67. The van der Waals surface area contributed by atoms with Crippen LogP contribution in [0.25, 0.3) is 0 Å². The summed E-state index contributed by atoms with van der Waals surface area (Å²) in [5, 5.41) is 10.1. The number of fused-ring (bicyclic) bond motifs is 1. The number of primary amides is 2. The standard InChI is InChI=1S/C20H19FN4O4/c1-2-29-18(27)16-15(11-4-3-5-13(21)8-11)20(10-22,19(24)28)14-7-6-12(17(23)26)9-25(14)16/h3-9,14-16H,2H2,1H3,(H2,23,26)(H2,24,28)/t14-,15?,16+,20+/m1/s1. The molecule has 0 aromatic heterocycles. The molecule has 3 rings (SSSR count). The summed E-state index contributed by atoms with van der Waals surface area (Å²) in [6, 6.07) is 5.06. The van der Waals surface area contributed by atoms with Crippen molar-refractivity contribution in [3.63, 3.8) is 0 Å². The molecule has 4 atom stereocenters. The van der Waals surface area contributed by atoms with E-state index in [0.29, 0.717) is 0 Å². The summed E-state index contributed by atoms with van der Waals surface area (Å²) < 4.78 is 19.1. The van der Waals surface area contributed by atoms with Gasteiger partial charge in [0.05, 0.1) is 24.3 Å². The number of rotatable bonds is 5. The van der Waals surface area contributed by atoms with E-state index in [1.807, 2.05) is 6.07 Å². The number of hydrogen-bond acceptors (Lipinski definition) is 6. The maximum absolute atomic E-state index is 14.0. The van der Waals surface area contributed by atoms with E-state index in [1.165, 1.54) is 41.5 Å². The lowest BCUT2D eigenvalue weighted by Crippen LogP contribution is -2.48. The Morgan fingerprint density at radius 2 is 2.07 bits per heavy atom. The zero-order chi connectivity index (χ0) is 21.3. The summed E-state index contributed by atoms with van der Waals surface area (Å²) in [6.07, 6.45) is 4.11. The molecule has 150 valence electrons. The minimum Gasteiger partial charge on any atom is -0.464 e. The predicted octanol–water partition coefficient (Wildman–Crippen LogP) is 0.459. The molecule has 1 saturated heterocycles. The van der Waals surface area contributed by atoms with Gasteiger partial charge in [0, 0.05) is 12.1 Å². The molecule has 1 unspecified atom stereocenters. The molecule has 2 aliphatic rings. The summed E-state index contributed by atoms with van der Waals surface area (Å²) in [5.74, 6) is -4.21. The van der Waals surface area contributed by atoms with Gasteiger partial charge in [0.2, 0.25) is 11.8 Å². The third kappa shape index (κ3) is 3.02. The van der Waals surface area contributed by atoms with Crippen LogP contribution in [-0.2, 0) is 19.1 Å². The Balaban J connectivity index is 2.29. The predicted molar refractivity (Wildman–Crippen MR) is 98.8 cm³/mol. The van der Waals surface area contributed by atoms with Gasteiger partial charge in [-0.3, -0.25) is 9.59 Å². The lowest BCUT2D eigenvalue weighted by molar-refractivity contribution is -0.148. The molecule has 9 heteroatoms. The highest BCUT2D eigenvalue weighted by Crippen LogP contribution is 2.53. The van der Waals surface area contributed by atoms with E-state index < -0.39 is 47.0 Å². The van der Waals surface area contributed by atoms with Gasteiger partial charge in [-0.05, 0) is 30.7 Å². The highest BCUT2D eigenvalue weighted by atomic mass is 19.1. The van der Waals surface area contributed by atoms with E-state index in [4.69, 9.17) is 16.2 Å². The summed E-state index contributed by atoms with van der Waals surface area (Å²) in [5.41, 5.74) is 9.41. The molecule has 2 heterocycles. The van der Waals surface area contributed by atoms with Crippen molar-refractivity contribution < 1.29 is 23.5 Å². The number of nitrogens with zero attached hydrogens (tertiary/aromatic N) is 2. The van der Waals surface area contributed by atoms with Crippen molar-refractivity contribution in [3.05, 3.63) is 59.6 Å². The Bertz CT molecular complexity index is 983. The molecule has 0 saturated carbocycles. The molecule has 1 aromatic carbocycles. The highest BCUT2D eigenvalue weighted by Gasteiger charge is 2.65. The number of hydrogen-bond donors (Lipinski definition) is 2. The van der Waals surface area contributed by atoms with Crippen molar-refractivity contribution in [2.45, 2.75) is 24.9 Å². The van der Waals surface area contributed by atoms with Crippen LogP contribution in [0.5, 0.6) is 0 Å². The first-order valence-electron chi connectivity index (χ1n) is 8.88. The van der Waals surface area contributed by atoms with Crippen LogP contribution in [0, 0.1) is 22.6 Å². The summed E-state index contributed by atoms with van der Waals surface area (Å²) >= 11 is 0. The average molecular weight is 398 g/mol. The molecule has 0 aliphatic carbocycles. The number of carbonyl (C=O) groups excluding carboxylic acids is 3. The minimum atomic E-state index is -1.92. The van der Waals surface area contributed by atoms with E-state index in [0.717, 1.165) is 6.07 Å². The summed E-state index contributed by atoms with van der Waals surface area (Å²) in [7, 11) is 0. The zero-order valence-corrected chi connectivity index (χ0v) is 15.5. The first kappa shape index (κ1) is 20.1. The third-order valence-corrected chi connectivity index (χ3v) is 5.27. The van der Waals surface area contributed by atoms with Gasteiger partial charge in [-0.2, -0.15) is 5.26 Å². The molecule has 8 nitrogen and oxygen atoms in total. The van der Waals surface area contributed by atoms with Crippen LogP contribution in [0.1, 0.15) is 18.4 Å². The van der Waals surface area contributed by atoms with Crippen molar-refractivity contribution in [2.24, 2.45) is 16.9 Å². The molecule has 2 amide bonds. The Kier molecular flexibility index (Phi) is 5.12. The normalized spacial score (nSPS) is 27.6. The second kappa shape index (κ2) is 7.39. The Labute approximate surface area is 166 Å². The molecule has 0 radical (unpaired) electrons. The Morgan fingerprint density at radius 3 is 2.62 bits per heavy atom. The van der Waals surface area contributed by atoms with Gasteiger partial charge in [-0.1, -0.05) is 18.2 Å². The fourth-order valence-electron chi connectivity index (χ4n) is 4.09. The van der Waals surface area contributed by atoms with Crippen LogP contribution in [0.2, 0.25) is 0 Å². The lowest BCUT2D eigenvalue weighted by Gasteiger charge is -2.32. The maximum atomic E-state index is 14.0. The largest absolute Gasteiger partial charge is 0.464 e. The van der Waals surface area contributed by atoms with Crippen LogP contribution in [0.3, 0.4) is 0 Å². The van der Waals surface area contributed by atoms with Crippen LogP contribution < -0.4 is 11.5 Å². The first-order chi connectivity index (χ1) is 13.8. The molecule has 0 bridgehead atoms. The first-order valence-corrected chi connectivity index (χ1v) is 8.88. The molecular weight excluding hydrogens is 379 g/mol. The van der Waals surface area contributed by atoms with E-state index in [2.05, 4.69) is 0 Å². The van der Waals surface area contributed by atoms with Crippen molar-refractivity contribution in [3.8, 4) is 6.07 Å². The van der Waals surface area contributed by atoms with Crippen LogP contribution >= 0.6 is 0 Å².